The molecule has 0 fully saturated rings. The van der Waals surface area contributed by atoms with Crippen molar-refractivity contribution in [1.29, 1.82) is 0 Å². The zero-order valence-electron chi connectivity index (χ0n) is 15.7. The Bertz CT molecular complexity index is 1330. The fraction of sp³-hybridized carbons (Fsp3) is 0.0455. The van der Waals surface area contributed by atoms with Crippen molar-refractivity contribution in [2.45, 2.75) is 4.90 Å². The highest BCUT2D eigenvalue weighted by atomic mass is 32.2. The molecule has 0 radical (unpaired) electrons. The zero-order chi connectivity index (χ0) is 21.1. The molecule has 0 saturated carbocycles. The number of halogens is 1. The molecular formula is C22H18FN3O3S. The monoisotopic (exact) mass is 423 g/mol. The van der Waals surface area contributed by atoms with Gasteiger partial charge in [0.1, 0.15) is 11.6 Å². The van der Waals surface area contributed by atoms with E-state index in [1.54, 1.807) is 30.3 Å². The lowest BCUT2D eigenvalue weighted by molar-refractivity contribution is 0.192. The van der Waals surface area contributed by atoms with Gasteiger partial charge in [-0.3, -0.25) is 0 Å². The van der Waals surface area contributed by atoms with Gasteiger partial charge in [-0.15, -0.1) is 0 Å². The number of nitrogens with zero attached hydrogens (tertiary/aromatic N) is 1. The molecule has 30 heavy (non-hydrogen) atoms. The largest absolute Gasteiger partial charge is 0.463 e. The Labute approximate surface area is 172 Å². The first-order valence-electron chi connectivity index (χ1n) is 9.03. The van der Waals surface area contributed by atoms with Crippen molar-refractivity contribution in [1.82, 2.24) is 9.97 Å². The van der Waals surface area contributed by atoms with Crippen LogP contribution in [0.4, 0.5) is 4.39 Å². The highest BCUT2D eigenvalue weighted by molar-refractivity contribution is 7.89. The second-order valence-electron chi connectivity index (χ2n) is 6.55. The minimum absolute atomic E-state index is 0.0733. The van der Waals surface area contributed by atoms with Crippen molar-refractivity contribution in [3.05, 3.63) is 78.1 Å². The van der Waals surface area contributed by atoms with Crippen LogP contribution in [0.1, 0.15) is 11.4 Å². The summed E-state index contributed by atoms with van der Waals surface area (Å²) >= 11 is 0. The summed E-state index contributed by atoms with van der Waals surface area (Å²) in [5, 5.41) is 5.35. The molecular weight excluding hydrogens is 405 g/mol. The molecule has 3 aromatic carbocycles. The molecule has 152 valence electrons. The number of hydrogen-bond donors (Lipinski definition) is 2. The standard InChI is InChI=1S/C22H18FN3O3S/c23-14-29-17-9-5-15(6-10-17)7-12-22-25-19-11-8-16(13-20(19)26-22)18-3-1-2-4-21(18)30(24,27)28/h1-13H,14H2,(H,25,26)(H2,24,27,28)/b12-7+. The highest BCUT2D eigenvalue weighted by Gasteiger charge is 2.15. The summed E-state index contributed by atoms with van der Waals surface area (Å²) in [4.78, 5) is 7.81. The van der Waals surface area contributed by atoms with Crippen LogP contribution in [0, 0.1) is 0 Å². The van der Waals surface area contributed by atoms with Crippen LogP contribution in [-0.2, 0) is 10.0 Å². The van der Waals surface area contributed by atoms with Gasteiger partial charge in [0.05, 0.1) is 15.9 Å². The second kappa shape index (κ2) is 8.10. The van der Waals surface area contributed by atoms with E-state index in [-0.39, 0.29) is 4.90 Å². The Balaban J connectivity index is 1.64. The highest BCUT2D eigenvalue weighted by Crippen LogP contribution is 2.29. The van der Waals surface area contributed by atoms with Crippen LogP contribution < -0.4 is 9.88 Å². The Morgan fingerprint density at radius 2 is 1.80 bits per heavy atom. The molecule has 3 N–H and O–H groups in total. The summed E-state index contributed by atoms with van der Waals surface area (Å²) < 4.78 is 40.8. The molecule has 0 amide bonds. The van der Waals surface area contributed by atoms with Crippen molar-refractivity contribution < 1.29 is 17.5 Å². The normalized spacial score (nSPS) is 11.9. The maximum Gasteiger partial charge on any atom is 0.238 e. The number of ether oxygens (including phenoxy) is 1. The molecule has 0 saturated heterocycles. The quantitative estimate of drug-likeness (QED) is 0.482. The molecule has 1 aromatic heterocycles. The van der Waals surface area contributed by atoms with Crippen LogP contribution in [0.15, 0.2) is 71.6 Å². The molecule has 0 aliphatic heterocycles. The van der Waals surface area contributed by atoms with Gasteiger partial charge in [-0.2, -0.15) is 0 Å². The number of aromatic nitrogens is 2. The molecule has 8 heteroatoms. The summed E-state index contributed by atoms with van der Waals surface area (Å²) in [6.07, 6.45) is 3.69. The van der Waals surface area contributed by atoms with E-state index in [4.69, 9.17) is 9.88 Å². The van der Waals surface area contributed by atoms with Gasteiger partial charge < -0.3 is 9.72 Å². The van der Waals surface area contributed by atoms with Crippen LogP contribution in [0.3, 0.4) is 0 Å². The third-order valence-electron chi connectivity index (χ3n) is 4.54. The van der Waals surface area contributed by atoms with Gasteiger partial charge in [0.2, 0.25) is 16.9 Å². The van der Waals surface area contributed by atoms with E-state index in [1.807, 2.05) is 42.5 Å². The van der Waals surface area contributed by atoms with Crippen molar-refractivity contribution in [3.63, 3.8) is 0 Å². The van der Waals surface area contributed by atoms with Crippen molar-refractivity contribution in [3.8, 4) is 16.9 Å². The van der Waals surface area contributed by atoms with Crippen LogP contribution in [0.25, 0.3) is 34.3 Å². The molecule has 0 spiro atoms. The maximum atomic E-state index is 12.2. The van der Waals surface area contributed by atoms with Crippen LogP contribution in [0.2, 0.25) is 0 Å². The Morgan fingerprint density at radius 1 is 1.03 bits per heavy atom. The van der Waals surface area contributed by atoms with Gasteiger partial charge in [-0.05, 0) is 47.5 Å². The molecule has 0 unspecified atom stereocenters. The Hall–Kier alpha value is -3.49. The number of fused-ring (bicyclic) bond motifs is 1. The first-order chi connectivity index (χ1) is 14.4. The molecule has 4 rings (SSSR count). The van der Waals surface area contributed by atoms with Gasteiger partial charge in [0.25, 0.3) is 0 Å². The number of sulfonamides is 1. The minimum atomic E-state index is -3.84. The van der Waals surface area contributed by atoms with E-state index in [0.717, 1.165) is 22.2 Å². The molecule has 1 heterocycles. The number of rotatable bonds is 6. The average Bonchev–Trinajstić information content (AvgIpc) is 3.15. The topological polar surface area (TPSA) is 98.1 Å². The number of nitrogens with one attached hydrogen (secondary N) is 1. The third kappa shape index (κ3) is 4.24. The molecule has 6 nitrogen and oxygen atoms in total. The fourth-order valence-corrected chi connectivity index (χ4v) is 3.90. The van der Waals surface area contributed by atoms with Gasteiger partial charge in [0.15, 0.2) is 0 Å². The maximum absolute atomic E-state index is 12.2. The third-order valence-corrected chi connectivity index (χ3v) is 5.51. The number of aromatic amines is 1. The Kier molecular flexibility index (Phi) is 5.35. The number of benzene rings is 3. The van der Waals surface area contributed by atoms with Gasteiger partial charge in [-0.25, -0.2) is 22.9 Å². The molecule has 4 aromatic rings. The van der Waals surface area contributed by atoms with Crippen molar-refractivity contribution in [2.75, 3.05) is 6.86 Å². The summed E-state index contributed by atoms with van der Waals surface area (Å²) in [7, 11) is -3.84. The van der Waals surface area contributed by atoms with E-state index in [9.17, 15) is 12.8 Å². The van der Waals surface area contributed by atoms with Crippen LogP contribution in [-0.4, -0.2) is 25.2 Å². The zero-order valence-corrected chi connectivity index (χ0v) is 16.6. The average molecular weight is 423 g/mol. The first-order valence-corrected chi connectivity index (χ1v) is 10.6. The molecule has 0 aliphatic rings. The number of primary sulfonamides is 1. The predicted octanol–water partition coefficient (Wildman–Crippen LogP) is 4.35. The summed E-state index contributed by atoms with van der Waals surface area (Å²) in [5.74, 6) is 1.11. The van der Waals surface area contributed by atoms with E-state index < -0.39 is 16.9 Å². The lowest BCUT2D eigenvalue weighted by Gasteiger charge is -2.07. The van der Waals surface area contributed by atoms with Crippen molar-refractivity contribution in [2.24, 2.45) is 5.14 Å². The fourth-order valence-electron chi connectivity index (χ4n) is 3.14. The Morgan fingerprint density at radius 3 is 2.53 bits per heavy atom. The SMILES string of the molecule is NS(=O)(=O)c1ccccc1-c1ccc2nc(/C=C/c3ccc(OCF)cc3)[nH]c2c1. The molecule has 0 bridgehead atoms. The first kappa shape index (κ1) is 19.8. The van der Waals surface area contributed by atoms with Gasteiger partial charge in [0, 0.05) is 5.56 Å². The molecule has 0 aliphatic carbocycles. The number of imidazole rings is 1. The van der Waals surface area contributed by atoms with Crippen LogP contribution >= 0.6 is 0 Å². The van der Waals surface area contributed by atoms with Gasteiger partial charge >= 0.3 is 0 Å². The van der Waals surface area contributed by atoms with E-state index in [2.05, 4.69) is 9.97 Å². The van der Waals surface area contributed by atoms with E-state index in [1.165, 1.54) is 6.07 Å². The smallest absolute Gasteiger partial charge is 0.238 e. The van der Waals surface area contributed by atoms with Crippen LogP contribution in [0.5, 0.6) is 5.75 Å². The van der Waals surface area contributed by atoms with E-state index >= 15 is 0 Å². The second-order valence-corrected chi connectivity index (χ2v) is 8.08. The summed E-state index contributed by atoms with van der Waals surface area (Å²) in [6.45, 7) is -0.863. The predicted molar refractivity (Wildman–Crippen MR) is 115 cm³/mol. The lowest BCUT2D eigenvalue weighted by Crippen LogP contribution is -2.13. The summed E-state index contributed by atoms with van der Waals surface area (Å²) in [5.41, 5.74) is 3.67. The number of nitrogens with two attached hydrogens (primary N) is 1. The minimum Gasteiger partial charge on any atom is -0.463 e. The number of H-pyrrole nitrogens is 1. The number of hydrogen-bond acceptors (Lipinski definition) is 4. The van der Waals surface area contributed by atoms with Gasteiger partial charge in [-0.1, -0.05) is 42.5 Å². The van der Waals surface area contributed by atoms with E-state index in [0.29, 0.717) is 17.1 Å². The molecule has 0 atom stereocenters. The summed E-state index contributed by atoms with van der Waals surface area (Å²) in [6, 6.07) is 19.1. The lowest BCUT2D eigenvalue weighted by atomic mass is 10.1. The van der Waals surface area contributed by atoms with Crippen molar-refractivity contribution >= 4 is 33.2 Å². The number of alkyl halides is 1.